The van der Waals surface area contributed by atoms with Crippen LogP contribution in [0.5, 0.6) is 0 Å². The fourth-order valence-corrected chi connectivity index (χ4v) is 2.81. The summed E-state index contributed by atoms with van der Waals surface area (Å²) in [6.45, 7) is 2.80. The molecule has 2 rings (SSSR count). The van der Waals surface area contributed by atoms with E-state index in [-0.39, 0.29) is 17.4 Å². The molecule has 0 N–H and O–H groups in total. The number of benzene rings is 1. The van der Waals surface area contributed by atoms with Crippen LogP contribution in [-0.4, -0.2) is 51.3 Å². The van der Waals surface area contributed by atoms with Crippen LogP contribution in [-0.2, 0) is 4.74 Å². The minimum atomic E-state index is -0.674. The van der Waals surface area contributed by atoms with Crippen molar-refractivity contribution in [3.63, 3.8) is 0 Å². The van der Waals surface area contributed by atoms with E-state index in [1.165, 1.54) is 0 Å². The number of halogens is 2. The van der Waals surface area contributed by atoms with Crippen molar-refractivity contribution in [1.82, 2.24) is 4.90 Å². The first-order valence-corrected chi connectivity index (χ1v) is 7.91. The summed E-state index contributed by atoms with van der Waals surface area (Å²) in [4.78, 5) is 3.81. The molecular weight excluding hydrogens is 300 g/mol. The molecule has 126 valence electrons. The Hall–Kier alpha value is -1.71. The van der Waals surface area contributed by atoms with E-state index < -0.39 is 11.6 Å². The van der Waals surface area contributed by atoms with Crippen LogP contribution in [0.2, 0.25) is 0 Å². The molecule has 1 heterocycles. The lowest BCUT2D eigenvalue weighted by atomic mass is 10.1. The average molecular weight is 323 g/mol. The number of piperidine rings is 1. The second kappa shape index (κ2) is 8.23. The zero-order chi connectivity index (χ0) is 16.8. The van der Waals surface area contributed by atoms with Crippen molar-refractivity contribution in [1.29, 1.82) is 5.26 Å². The van der Waals surface area contributed by atoms with Crippen LogP contribution in [0, 0.1) is 23.0 Å². The zero-order valence-electron chi connectivity index (χ0n) is 13.7. The molecule has 0 unspecified atom stereocenters. The van der Waals surface area contributed by atoms with Gasteiger partial charge in [0.2, 0.25) is 0 Å². The smallest absolute Gasteiger partial charge is 0.150 e. The van der Waals surface area contributed by atoms with Crippen LogP contribution >= 0.6 is 0 Å². The predicted molar refractivity (Wildman–Crippen MR) is 85.4 cm³/mol. The van der Waals surface area contributed by atoms with Crippen LogP contribution in [0.3, 0.4) is 0 Å². The number of hydrogen-bond donors (Lipinski definition) is 0. The van der Waals surface area contributed by atoms with E-state index >= 15 is 0 Å². The van der Waals surface area contributed by atoms with Gasteiger partial charge in [-0.25, -0.2) is 8.78 Å². The largest absolute Gasteiger partial charge is 0.378 e. The molecule has 0 saturated carbocycles. The van der Waals surface area contributed by atoms with Gasteiger partial charge in [-0.15, -0.1) is 0 Å². The Morgan fingerprint density at radius 2 is 1.87 bits per heavy atom. The van der Waals surface area contributed by atoms with Crippen LogP contribution in [0.4, 0.5) is 14.5 Å². The lowest BCUT2D eigenvalue weighted by molar-refractivity contribution is 0.0331. The van der Waals surface area contributed by atoms with E-state index in [0.717, 1.165) is 37.9 Å². The van der Waals surface area contributed by atoms with Crippen molar-refractivity contribution in [3.8, 4) is 6.07 Å². The molecule has 0 spiro atoms. The molecule has 1 aliphatic heterocycles. The average Bonchev–Trinajstić information content (AvgIpc) is 2.52. The lowest BCUT2D eigenvalue weighted by Gasteiger charge is -2.34. The fourth-order valence-electron chi connectivity index (χ4n) is 2.81. The highest BCUT2D eigenvalue weighted by Crippen LogP contribution is 2.28. The van der Waals surface area contributed by atoms with Crippen LogP contribution in [0.25, 0.3) is 0 Å². The summed E-state index contributed by atoms with van der Waals surface area (Å²) in [5.74, 6) is -1.35. The molecule has 0 aromatic heterocycles. The maximum atomic E-state index is 14.0. The second-order valence-electron chi connectivity index (χ2n) is 6.11. The van der Waals surface area contributed by atoms with Gasteiger partial charge in [0.1, 0.15) is 5.69 Å². The van der Waals surface area contributed by atoms with E-state index in [9.17, 15) is 8.78 Å². The highest BCUT2D eigenvalue weighted by molar-refractivity contribution is 5.52. The van der Waals surface area contributed by atoms with Crippen LogP contribution in [0.15, 0.2) is 12.1 Å². The molecule has 4 nitrogen and oxygen atoms in total. The van der Waals surface area contributed by atoms with E-state index in [0.29, 0.717) is 19.7 Å². The predicted octanol–water partition coefficient (Wildman–Crippen LogP) is 2.77. The van der Waals surface area contributed by atoms with Crippen molar-refractivity contribution in [2.45, 2.75) is 25.4 Å². The molecule has 6 heteroatoms. The van der Waals surface area contributed by atoms with Crippen molar-refractivity contribution >= 4 is 5.69 Å². The van der Waals surface area contributed by atoms with E-state index in [1.807, 2.05) is 14.1 Å². The third kappa shape index (κ3) is 4.88. The Bertz CT molecular complexity index is 540. The standard InChI is InChI=1S/C17H23F2N3O/c1-21(2)6-3-9-23-14-4-7-22(8-5-14)17-15(18)10-13(12-20)11-16(17)19/h10-11,14H,3-9H2,1-2H3. The normalized spacial score (nSPS) is 15.9. The molecule has 0 bridgehead atoms. The summed E-state index contributed by atoms with van der Waals surface area (Å²) in [6.07, 6.45) is 2.63. The van der Waals surface area contributed by atoms with E-state index in [1.54, 1.807) is 11.0 Å². The van der Waals surface area contributed by atoms with Gasteiger partial charge >= 0.3 is 0 Å². The van der Waals surface area contributed by atoms with Gasteiger partial charge in [-0.1, -0.05) is 0 Å². The Balaban J connectivity index is 1.86. The molecule has 1 aromatic rings. The van der Waals surface area contributed by atoms with Crippen LogP contribution < -0.4 is 4.90 Å². The summed E-state index contributed by atoms with van der Waals surface area (Å²) < 4.78 is 33.9. The molecule has 1 aromatic carbocycles. The minimum absolute atomic E-state index is 0.00265. The topological polar surface area (TPSA) is 39.5 Å². The van der Waals surface area contributed by atoms with E-state index in [4.69, 9.17) is 10.00 Å². The highest BCUT2D eigenvalue weighted by Gasteiger charge is 2.24. The third-order valence-electron chi connectivity index (χ3n) is 4.01. The lowest BCUT2D eigenvalue weighted by Crippen LogP contribution is -2.38. The van der Waals surface area contributed by atoms with Gasteiger partial charge in [0, 0.05) is 19.7 Å². The van der Waals surface area contributed by atoms with Gasteiger partial charge in [-0.3, -0.25) is 0 Å². The molecule has 0 radical (unpaired) electrons. The molecule has 1 saturated heterocycles. The molecule has 1 aliphatic rings. The SMILES string of the molecule is CN(C)CCCOC1CCN(c2c(F)cc(C#N)cc2F)CC1. The van der Waals surface area contributed by atoms with Crippen molar-refractivity contribution in [2.24, 2.45) is 0 Å². The Morgan fingerprint density at radius 3 is 2.39 bits per heavy atom. The number of anilines is 1. The van der Waals surface area contributed by atoms with Crippen LogP contribution in [0.1, 0.15) is 24.8 Å². The summed E-state index contributed by atoms with van der Waals surface area (Å²) >= 11 is 0. The van der Waals surface area contributed by atoms with Gasteiger partial charge < -0.3 is 14.5 Å². The maximum absolute atomic E-state index is 14.0. The maximum Gasteiger partial charge on any atom is 0.150 e. The van der Waals surface area contributed by atoms with Crippen molar-refractivity contribution < 1.29 is 13.5 Å². The molecule has 0 atom stereocenters. The van der Waals surface area contributed by atoms with Gasteiger partial charge in [0.15, 0.2) is 11.6 Å². The first kappa shape index (κ1) is 17.6. The number of nitrogens with zero attached hydrogens (tertiary/aromatic N) is 3. The number of ether oxygens (including phenoxy) is 1. The minimum Gasteiger partial charge on any atom is -0.378 e. The molecular formula is C17H23F2N3O. The fraction of sp³-hybridized carbons (Fsp3) is 0.588. The number of rotatable bonds is 6. The summed E-state index contributed by atoms with van der Waals surface area (Å²) in [5, 5.41) is 8.74. The first-order valence-electron chi connectivity index (χ1n) is 7.91. The molecule has 1 fully saturated rings. The van der Waals surface area contributed by atoms with Crippen molar-refractivity contribution in [2.75, 3.05) is 45.2 Å². The zero-order valence-corrected chi connectivity index (χ0v) is 13.7. The van der Waals surface area contributed by atoms with Crippen molar-refractivity contribution in [3.05, 3.63) is 29.3 Å². The summed E-state index contributed by atoms with van der Waals surface area (Å²) in [7, 11) is 4.05. The van der Waals surface area contributed by atoms with Gasteiger partial charge in [0.05, 0.1) is 17.7 Å². The number of nitriles is 1. The first-order chi connectivity index (χ1) is 11.0. The second-order valence-corrected chi connectivity index (χ2v) is 6.11. The highest BCUT2D eigenvalue weighted by atomic mass is 19.1. The Morgan fingerprint density at radius 1 is 1.26 bits per heavy atom. The molecule has 0 aliphatic carbocycles. The van der Waals surface area contributed by atoms with Gasteiger partial charge in [-0.05, 0) is 52.0 Å². The monoisotopic (exact) mass is 323 g/mol. The quantitative estimate of drug-likeness (QED) is 0.755. The summed E-state index contributed by atoms with van der Waals surface area (Å²) in [6, 6.07) is 3.93. The Labute approximate surface area is 136 Å². The van der Waals surface area contributed by atoms with Gasteiger partial charge in [0.25, 0.3) is 0 Å². The molecule has 0 amide bonds. The molecule has 23 heavy (non-hydrogen) atoms. The third-order valence-corrected chi connectivity index (χ3v) is 4.01. The van der Waals surface area contributed by atoms with Gasteiger partial charge in [-0.2, -0.15) is 5.26 Å². The number of hydrogen-bond acceptors (Lipinski definition) is 4. The Kier molecular flexibility index (Phi) is 6.31. The summed E-state index contributed by atoms with van der Waals surface area (Å²) in [5.41, 5.74) is -0.0297. The van der Waals surface area contributed by atoms with E-state index in [2.05, 4.69) is 4.90 Å².